The molecule has 0 N–H and O–H groups in total. The Balaban J connectivity index is 1.84. The summed E-state index contributed by atoms with van der Waals surface area (Å²) in [7, 11) is 0. The predicted molar refractivity (Wildman–Crippen MR) is 99.1 cm³/mol. The van der Waals surface area contributed by atoms with E-state index in [1.165, 1.54) is 44.3 Å². The number of benzene rings is 3. The third-order valence-corrected chi connectivity index (χ3v) is 5.56. The fourth-order valence-electron chi connectivity index (χ4n) is 4.57. The van der Waals surface area contributed by atoms with Crippen molar-refractivity contribution < 1.29 is 0 Å². The molecule has 0 aliphatic carbocycles. The molecule has 3 aromatic carbocycles. The van der Waals surface area contributed by atoms with Crippen LogP contribution in [0.5, 0.6) is 0 Å². The number of fused-ring (bicyclic) bond motifs is 4. The van der Waals surface area contributed by atoms with Crippen molar-refractivity contribution in [1.82, 2.24) is 0 Å². The molecule has 0 atom stereocenters. The van der Waals surface area contributed by atoms with Gasteiger partial charge in [0.05, 0.1) is 0 Å². The van der Waals surface area contributed by atoms with Gasteiger partial charge in [-0.1, -0.05) is 82.1 Å². The van der Waals surface area contributed by atoms with Gasteiger partial charge in [0.25, 0.3) is 0 Å². The molecule has 0 bridgehead atoms. The lowest BCUT2D eigenvalue weighted by atomic mass is 9.30. The Labute approximate surface area is 138 Å². The highest BCUT2D eigenvalue weighted by Gasteiger charge is 2.36. The minimum Gasteiger partial charge on any atom is -0.0664 e. The molecule has 5 rings (SSSR count). The zero-order valence-electron chi connectivity index (χ0n) is 13.7. The van der Waals surface area contributed by atoms with Gasteiger partial charge < -0.3 is 0 Å². The monoisotopic (exact) mass is 294 g/mol. The van der Waals surface area contributed by atoms with Crippen LogP contribution in [0.1, 0.15) is 33.4 Å². The Morgan fingerprint density at radius 3 is 1.70 bits per heavy atom. The van der Waals surface area contributed by atoms with Crippen molar-refractivity contribution in [3.05, 3.63) is 88.0 Å². The highest BCUT2D eigenvalue weighted by molar-refractivity contribution is 6.97. The molecule has 0 fully saturated rings. The molecule has 0 aromatic heterocycles. The van der Waals surface area contributed by atoms with Crippen molar-refractivity contribution in [2.45, 2.75) is 26.7 Å². The fraction of sp³-hybridized carbons (Fsp3) is 0.182. The summed E-state index contributed by atoms with van der Waals surface area (Å²) in [5, 5.41) is 0. The lowest BCUT2D eigenvalue weighted by Crippen LogP contribution is -2.61. The van der Waals surface area contributed by atoms with E-state index in [1.54, 1.807) is 5.46 Å². The summed E-state index contributed by atoms with van der Waals surface area (Å²) in [4.78, 5) is 0. The molecule has 2 aliphatic heterocycles. The van der Waals surface area contributed by atoms with Crippen LogP contribution in [0.25, 0.3) is 0 Å². The minimum atomic E-state index is 0.426. The lowest BCUT2D eigenvalue weighted by Gasteiger charge is -2.34. The summed E-state index contributed by atoms with van der Waals surface area (Å²) in [5.41, 5.74) is 13.4. The molecule has 110 valence electrons. The number of aryl methyl sites for hydroxylation is 2. The molecule has 0 amide bonds. The highest BCUT2D eigenvalue weighted by Crippen LogP contribution is 2.23. The van der Waals surface area contributed by atoms with E-state index < -0.39 is 0 Å². The van der Waals surface area contributed by atoms with Gasteiger partial charge in [0.2, 0.25) is 6.71 Å². The van der Waals surface area contributed by atoms with Crippen LogP contribution in [0.15, 0.2) is 54.6 Å². The molecular weight excluding hydrogens is 275 g/mol. The quantitative estimate of drug-likeness (QED) is 0.385. The first-order valence-electron chi connectivity index (χ1n) is 8.50. The molecule has 0 saturated heterocycles. The average Bonchev–Trinajstić information content (AvgIpc) is 2.54. The zero-order valence-corrected chi connectivity index (χ0v) is 13.7. The fourth-order valence-corrected chi connectivity index (χ4v) is 4.57. The van der Waals surface area contributed by atoms with E-state index in [0.29, 0.717) is 6.71 Å². The SMILES string of the molecule is Cc1ccc2c(c1)Cc1cccc3c1B2c1ccc(C)cc1C3. The van der Waals surface area contributed by atoms with Gasteiger partial charge in [-0.25, -0.2) is 0 Å². The summed E-state index contributed by atoms with van der Waals surface area (Å²) in [5.74, 6) is 0. The Kier molecular flexibility index (Phi) is 2.64. The van der Waals surface area contributed by atoms with Gasteiger partial charge >= 0.3 is 0 Å². The van der Waals surface area contributed by atoms with Gasteiger partial charge in [0.15, 0.2) is 0 Å². The summed E-state index contributed by atoms with van der Waals surface area (Å²) in [6.07, 6.45) is 2.16. The molecule has 0 radical (unpaired) electrons. The van der Waals surface area contributed by atoms with Gasteiger partial charge in [0.1, 0.15) is 0 Å². The first kappa shape index (κ1) is 13.2. The van der Waals surface area contributed by atoms with Crippen molar-refractivity contribution in [3.8, 4) is 0 Å². The number of hydrogen-bond donors (Lipinski definition) is 0. The van der Waals surface area contributed by atoms with Gasteiger partial charge in [-0.2, -0.15) is 0 Å². The maximum atomic E-state index is 2.38. The summed E-state index contributed by atoms with van der Waals surface area (Å²) in [6.45, 7) is 4.82. The largest absolute Gasteiger partial charge is 0.242 e. The Bertz CT molecular complexity index is 878. The third-order valence-electron chi connectivity index (χ3n) is 5.56. The smallest absolute Gasteiger partial charge is 0.0664 e. The van der Waals surface area contributed by atoms with Crippen molar-refractivity contribution >= 4 is 23.1 Å². The van der Waals surface area contributed by atoms with Crippen molar-refractivity contribution in [1.29, 1.82) is 0 Å². The topological polar surface area (TPSA) is 0 Å². The van der Waals surface area contributed by atoms with E-state index in [4.69, 9.17) is 0 Å². The summed E-state index contributed by atoms with van der Waals surface area (Å²) in [6, 6.07) is 20.9. The van der Waals surface area contributed by atoms with Gasteiger partial charge in [-0.05, 0) is 48.9 Å². The third kappa shape index (κ3) is 1.86. The van der Waals surface area contributed by atoms with E-state index >= 15 is 0 Å². The maximum Gasteiger partial charge on any atom is 0.242 e. The van der Waals surface area contributed by atoms with Gasteiger partial charge in [-0.3, -0.25) is 0 Å². The van der Waals surface area contributed by atoms with Crippen molar-refractivity contribution in [2.75, 3.05) is 0 Å². The Hall–Kier alpha value is -2.28. The van der Waals surface area contributed by atoms with Gasteiger partial charge in [0, 0.05) is 0 Å². The van der Waals surface area contributed by atoms with Crippen LogP contribution < -0.4 is 16.4 Å². The highest BCUT2D eigenvalue weighted by atomic mass is 14.2. The number of rotatable bonds is 0. The normalized spacial score (nSPS) is 14.1. The molecular formula is C22H19B. The molecule has 23 heavy (non-hydrogen) atoms. The average molecular weight is 294 g/mol. The van der Waals surface area contributed by atoms with Crippen molar-refractivity contribution in [3.63, 3.8) is 0 Å². The van der Waals surface area contributed by atoms with Crippen LogP contribution in [-0.4, -0.2) is 6.71 Å². The second kappa shape index (κ2) is 4.61. The zero-order chi connectivity index (χ0) is 15.6. The van der Waals surface area contributed by atoms with Gasteiger partial charge in [-0.15, -0.1) is 0 Å². The molecule has 0 unspecified atom stereocenters. The summed E-state index contributed by atoms with van der Waals surface area (Å²) >= 11 is 0. The van der Waals surface area contributed by atoms with Crippen LogP contribution >= 0.6 is 0 Å². The van der Waals surface area contributed by atoms with Crippen LogP contribution in [0.4, 0.5) is 0 Å². The first-order chi connectivity index (χ1) is 11.2. The van der Waals surface area contributed by atoms with E-state index in [2.05, 4.69) is 68.4 Å². The number of hydrogen-bond acceptors (Lipinski definition) is 0. The molecule has 1 heteroatoms. The minimum absolute atomic E-state index is 0.426. The van der Waals surface area contributed by atoms with Crippen LogP contribution in [0.2, 0.25) is 0 Å². The Morgan fingerprint density at radius 2 is 1.17 bits per heavy atom. The molecule has 0 nitrogen and oxygen atoms in total. The maximum absolute atomic E-state index is 2.38. The van der Waals surface area contributed by atoms with Crippen LogP contribution in [0.3, 0.4) is 0 Å². The standard InChI is InChI=1S/C22H19B/c1-14-6-8-20-18(10-14)12-16-4-3-5-17-13-19-11-15(2)7-9-21(19)23(20)22(16)17/h3-11H,12-13H2,1-2H3. The summed E-state index contributed by atoms with van der Waals surface area (Å²) < 4.78 is 0. The molecule has 2 aliphatic rings. The molecule has 3 aromatic rings. The van der Waals surface area contributed by atoms with Crippen LogP contribution in [0, 0.1) is 13.8 Å². The second-order valence-corrected chi connectivity index (χ2v) is 7.18. The molecule has 0 spiro atoms. The molecule has 2 heterocycles. The second-order valence-electron chi connectivity index (χ2n) is 7.18. The lowest BCUT2D eigenvalue weighted by molar-refractivity contribution is 1.14. The van der Waals surface area contributed by atoms with Crippen molar-refractivity contribution in [2.24, 2.45) is 0 Å². The van der Waals surface area contributed by atoms with E-state index in [0.717, 1.165) is 12.8 Å². The first-order valence-corrected chi connectivity index (χ1v) is 8.50. The molecule has 0 saturated carbocycles. The van der Waals surface area contributed by atoms with Crippen LogP contribution in [-0.2, 0) is 12.8 Å². The van der Waals surface area contributed by atoms with E-state index in [9.17, 15) is 0 Å². The van der Waals surface area contributed by atoms with E-state index in [1.807, 2.05) is 0 Å². The van der Waals surface area contributed by atoms with E-state index in [-0.39, 0.29) is 0 Å². The Morgan fingerprint density at radius 1 is 0.652 bits per heavy atom. The predicted octanol–water partition coefficient (Wildman–Crippen LogP) is 2.63.